The molecule has 0 radical (unpaired) electrons. The van der Waals surface area contributed by atoms with E-state index in [0.29, 0.717) is 6.54 Å². The maximum atomic E-state index is 12.4. The fourth-order valence-corrected chi connectivity index (χ4v) is 6.25. The number of nitrogens with zero attached hydrogens (tertiary/aromatic N) is 1. The Balaban J connectivity index is 1.41. The Morgan fingerprint density at radius 2 is 1.76 bits per heavy atom. The summed E-state index contributed by atoms with van der Waals surface area (Å²) in [5.41, 5.74) is 3.13. The summed E-state index contributed by atoms with van der Waals surface area (Å²) in [5.74, 6) is 0.162. The molecule has 0 N–H and O–H groups in total. The van der Waals surface area contributed by atoms with Crippen molar-refractivity contribution in [2.24, 2.45) is 0 Å². The molecule has 0 amide bonds. The standard InChI is InChI=1S/C26H32BrNO5S/c1-18-9-12-20(13-10-18)34(29,30)32-16-15-31-23-17-28(33-26(2,3)4)25(24(23)27)22-14-11-19-7-5-6-8-21(19)22/h5-14,22-25H,15-17H2,1-4H3/t22?,23-,24+,25?/m1/s1. The lowest BCUT2D eigenvalue weighted by molar-refractivity contribution is -0.239. The molecule has 1 fully saturated rings. The van der Waals surface area contributed by atoms with Gasteiger partial charge in [0.25, 0.3) is 10.1 Å². The third kappa shape index (κ3) is 5.80. The van der Waals surface area contributed by atoms with E-state index in [0.717, 1.165) is 5.56 Å². The number of halogens is 1. The van der Waals surface area contributed by atoms with Gasteiger partial charge in [-0.05, 0) is 51.0 Å². The smallest absolute Gasteiger partial charge is 0.297 e. The lowest BCUT2D eigenvalue weighted by atomic mass is 9.92. The van der Waals surface area contributed by atoms with Crippen molar-refractivity contribution >= 4 is 32.1 Å². The second-order valence-corrected chi connectivity index (χ2v) is 12.4. The van der Waals surface area contributed by atoms with E-state index in [2.05, 4.69) is 46.3 Å². The van der Waals surface area contributed by atoms with Crippen molar-refractivity contribution in [3.05, 3.63) is 71.3 Å². The van der Waals surface area contributed by atoms with Gasteiger partial charge in [0.1, 0.15) is 0 Å². The molecule has 0 spiro atoms. The highest BCUT2D eigenvalue weighted by molar-refractivity contribution is 9.09. The van der Waals surface area contributed by atoms with Crippen LogP contribution in [0.2, 0.25) is 0 Å². The first-order valence-electron chi connectivity index (χ1n) is 11.5. The second-order valence-electron chi connectivity index (χ2n) is 9.75. The van der Waals surface area contributed by atoms with Crippen LogP contribution in [0.5, 0.6) is 0 Å². The van der Waals surface area contributed by atoms with Crippen LogP contribution in [0.3, 0.4) is 0 Å². The van der Waals surface area contributed by atoms with Crippen molar-refractivity contribution in [2.45, 2.75) is 61.1 Å². The Kier molecular flexibility index (Phi) is 7.67. The van der Waals surface area contributed by atoms with E-state index in [-0.39, 0.29) is 46.6 Å². The zero-order valence-electron chi connectivity index (χ0n) is 20.0. The predicted octanol–water partition coefficient (Wildman–Crippen LogP) is 5.07. The third-order valence-corrected chi connectivity index (χ3v) is 8.39. The highest BCUT2D eigenvalue weighted by Crippen LogP contribution is 2.42. The van der Waals surface area contributed by atoms with Crippen LogP contribution in [0.25, 0.3) is 6.08 Å². The van der Waals surface area contributed by atoms with Crippen molar-refractivity contribution in [3.63, 3.8) is 0 Å². The number of benzene rings is 2. The summed E-state index contributed by atoms with van der Waals surface area (Å²) in [6.07, 6.45) is 4.20. The molecule has 0 bridgehead atoms. The average Bonchev–Trinajstić information content (AvgIpc) is 3.31. The number of aryl methyl sites for hydroxylation is 1. The van der Waals surface area contributed by atoms with E-state index in [1.807, 2.05) is 38.8 Å². The zero-order chi connectivity index (χ0) is 24.5. The summed E-state index contributed by atoms with van der Waals surface area (Å²) in [4.78, 5) is 6.47. The highest BCUT2D eigenvalue weighted by atomic mass is 79.9. The molecule has 4 atom stereocenters. The molecule has 0 saturated carbocycles. The fourth-order valence-electron chi connectivity index (χ4n) is 4.44. The van der Waals surface area contributed by atoms with E-state index in [9.17, 15) is 8.42 Å². The average molecular weight is 551 g/mol. The highest BCUT2D eigenvalue weighted by Gasteiger charge is 2.47. The maximum Gasteiger partial charge on any atom is 0.297 e. The van der Waals surface area contributed by atoms with E-state index in [4.69, 9.17) is 13.8 Å². The maximum absolute atomic E-state index is 12.4. The topological polar surface area (TPSA) is 65.1 Å². The van der Waals surface area contributed by atoms with Gasteiger partial charge >= 0.3 is 0 Å². The predicted molar refractivity (Wildman–Crippen MR) is 136 cm³/mol. The van der Waals surface area contributed by atoms with E-state index in [1.54, 1.807) is 24.3 Å². The van der Waals surface area contributed by atoms with Gasteiger partial charge in [0, 0.05) is 5.92 Å². The second kappa shape index (κ2) is 10.2. The number of alkyl halides is 1. The lowest BCUT2D eigenvalue weighted by Gasteiger charge is -2.34. The van der Waals surface area contributed by atoms with Crippen LogP contribution in [0, 0.1) is 6.92 Å². The molecular formula is C26H32BrNO5S. The first-order chi connectivity index (χ1) is 16.0. The quantitative estimate of drug-likeness (QED) is 0.260. The number of hydrogen-bond acceptors (Lipinski definition) is 6. The molecule has 2 aromatic carbocycles. The minimum absolute atomic E-state index is 0.00985. The van der Waals surface area contributed by atoms with E-state index in [1.165, 1.54) is 11.1 Å². The fraction of sp³-hybridized carbons (Fsp3) is 0.462. The molecule has 8 heteroatoms. The first kappa shape index (κ1) is 25.5. The minimum atomic E-state index is -3.81. The van der Waals surface area contributed by atoms with Crippen molar-refractivity contribution in [3.8, 4) is 0 Å². The molecule has 2 aromatic rings. The van der Waals surface area contributed by atoms with Gasteiger partial charge in [0.2, 0.25) is 0 Å². The largest absolute Gasteiger partial charge is 0.373 e. The molecule has 184 valence electrons. The molecule has 1 aliphatic carbocycles. The van der Waals surface area contributed by atoms with Crippen molar-refractivity contribution in [1.29, 1.82) is 0 Å². The summed E-state index contributed by atoms with van der Waals surface area (Å²) < 4.78 is 36.2. The molecule has 1 heterocycles. The van der Waals surface area contributed by atoms with Gasteiger partial charge in [0.15, 0.2) is 0 Å². The summed E-state index contributed by atoms with van der Waals surface area (Å²) in [6, 6.07) is 15.0. The van der Waals surface area contributed by atoms with Crippen molar-refractivity contribution < 1.29 is 22.2 Å². The summed E-state index contributed by atoms with van der Waals surface area (Å²) >= 11 is 3.88. The van der Waals surface area contributed by atoms with Gasteiger partial charge in [-0.3, -0.25) is 9.02 Å². The van der Waals surface area contributed by atoms with Crippen molar-refractivity contribution in [1.82, 2.24) is 5.06 Å². The van der Waals surface area contributed by atoms with Gasteiger partial charge in [-0.15, -0.1) is 0 Å². The summed E-state index contributed by atoms with van der Waals surface area (Å²) in [7, 11) is -3.81. The molecule has 2 unspecified atom stereocenters. The van der Waals surface area contributed by atoms with Crippen molar-refractivity contribution in [2.75, 3.05) is 19.8 Å². The number of ether oxygens (including phenoxy) is 1. The van der Waals surface area contributed by atoms with Crippen LogP contribution in [-0.4, -0.2) is 55.8 Å². The molecule has 34 heavy (non-hydrogen) atoms. The normalized spacial score (nSPS) is 25.1. The number of fused-ring (bicyclic) bond motifs is 1. The van der Waals surface area contributed by atoms with Crippen LogP contribution in [0.15, 0.2) is 59.5 Å². The van der Waals surface area contributed by atoms with E-state index >= 15 is 0 Å². The number of hydroxylamine groups is 2. The number of rotatable bonds is 8. The van der Waals surface area contributed by atoms with Gasteiger partial charge in [-0.1, -0.05) is 70.0 Å². The van der Waals surface area contributed by atoms with Gasteiger partial charge < -0.3 is 4.74 Å². The molecular weight excluding hydrogens is 518 g/mol. The zero-order valence-corrected chi connectivity index (χ0v) is 22.4. The number of hydrogen-bond donors (Lipinski definition) is 0. The Morgan fingerprint density at radius 1 is 1.06 bits per heavy atom. The van der Waals surface area contributed by atoms with Gasteiger partial charge in [-0.25, -0.2) is 0 Å². The molecule has 6 nitrogen and oxygen atoms in total. The van der Waals surface area contributed by atoms with E-state index < -0.39 is 10.1 Å². The van der Waals surface area contributed by atoms with Crippen LogP contribution >= 0.6 is 15.9 Å². The SMILES string of the molecule is Cc1ccc(S(=O)(=O)OCCO[C@@H]2CN(OC(C)(C)C)C(C3C=Cc4ccccc43)[C@H]2Br)cc1. The Labute approximate surface area is 211 Å². The summed E-state index contributed by atoms with van der Waals surface area (Å²) in [6.45, 7) is 8.67. The van der Waals surface area contributed by atoms with Crippen LogP contribution in [-0.2, 0) is 23.9 Å². The molecule has 4 rings (SSSR count). The Bertz CT molecular complexity index is 1130. The third-order valence-electron chi connectivity index (χ3n) is 5.93. The van der Waals surface area contributed by atoms with Gasteiger partial charge in [-0.2, -0.15) is 13.5 Å². The minimum Gasteiger partial charge on any atom is -0.373 e. The lowest BCUT2D eigenvalue weighted by Crippen LogP contribution is -2.42. The van der Waals surface area contributed by atoms with Crippen LogP contribution < -0.4 is 0 Å². The Morgan fingerprint density at radius 3 is 2.47 bits per heavy atom. The van der Waals surface area contributed by atoms with Crippen LogP contribution in [0.1, 0.15) is 43.4 Å². The molecule has 0 aromatic heterocycles. The molecule has 2 aliphatic rings. The molecule has 1 saturated heterocycles. The summed E-state index contributed by atoms with van der Waals surface area (Å²) in [5, 5.41) is 2.02. The first-order valence-corrected chi connectivity index (χ1v) is 13.8. The van der Waals surface area contributed by atoms with Gasteiger partial charge in [0.05, 0.1) is 47.2 Å². The van der Waals surface area contributed by atoms with Crippen LogP contribution in [0.4, 0.5) is 0 Å². The Hall–Kier alpha value is -1.55. The molecule has 1 aliphatic heterocycles. The monoisotopic (exact) mass is 549 g/mol.